The van der Waals surface area contributed by atoms with Crippen molar-refractivity contribution in [1.82, 2.24) is 0 Å². The predicted molar refractivity (Wildman–Crippen MR) is 133 cm³/mol. The Morgan fingerprint density at radius 1 is 1.11 bits per heavy atom. The highest BCUT2D eigenvalue weighted by molar-refractivity contribution is 9.12. The largest absolute Gasteiger partial charge is 0.266 e. The summed E-state index contributed by atoms with van der Waals surface area (Å²) >= 11 is 6.89. The van der Waals surface area contributed by atoms with Crippen molar-refractivity contribution in [2.45, 2.75) is 40.0 Å². The van der Waals surface area contributed by atoms with E-state index in [1.54, 1.807) is 6.21 Å². The highest BCUT2D eigenvalue weighted by Gasteiger charge is 2.08. The van der Waals surface area contributed by atoms with Gasteiger partial charge in [0.2, 0.25) is 0 Å². The first-order valence-corrected chi connectivity index (χ1v) is 10.8. The average molecular weight is 504 g/mol. The third kappa shape index (κ3) is 8.94. The van der Waals surface area contributed by atoms with Crippen LogP contribution in [-0.2, 0) is 0 Å². The Balaban J connectivity index is 2.73. The summed E-state index contributed by atoms with van der Waals surface area (Å²) in [7, 11) is 0. The fourth-order valence-electron chi connectivity index (χ4n) is 2.53. The minimum absolute atomic E-state index is 0.867. The number of unbranched alkanes of at least 4 members (excludes halogenated alkanes) is 1. The highest BCUT2D eigenvalue weighted by Crippen LogP contribution is 2.28. The van der Waals surface area contributed by atoms with Gasteiger partial charge in [-0.1, -0.05) is 59.4 Å². The molecular formula is C24H28Br2N2. The van der Waals surface area contributed by atoms with Gasteiger partial charge in [-0.05, 0) is 79.2 Å². The molecule has 0 saturated heterocycles. The van der Waals surface area contributed by atoms with E-state index in [9.17, 15) is 0 Å². The van der Waals surface area contributed by atoms with Gasteiger partial charge in [-0.15, -0.1) is 0 Å². The Morgan fingerprint density at radius 3 is 2.39 bits per heavy atom. The normalized spacial score (nSPS) is 13.5. The minimum Gasteiger partial charge on any atom is -0.266 e. The number of aliphatic imine (C=N–C) groups is 2. The van der Waals surface area contributed by atoms with E-state index in [1.807, 2.05) is 45.2 Å². The molecule has 1 aromatic rings. The summed E-state index contributed by atoms with van der Waals surface area (Å²) in [5.74, 6) is 0. The average Bonchev–Trinajstić information content (AvgIpc) is 2.67. The van der Waals surface area contributed by atoms with Crippen molar-refractivity contribution >= 4 is 49.9 Å². The van der Waals surface area contributed by atoms with E-state index in [4.69, 9.17) is 0 Å². The Hall–Kier alpha value is -1.78. The van der Waals surface area contributed by atoms with Gasteiger partial charge in [0.1, 0.15) is 0 Å². The van der Waals surface area contributed by atoms with Gasteiger partial charge in [0.25, 0.3) is 0 Å². The van der Waals surface area contributed by atoms with E-state index in [1.165, 1.54) is 0 Å². The number of nitrogens with zero attached hydrogens (tertiary/aromatic N) is 2. The number of rotatable bonds is 10. The highest BCUT2D eigenvalue weighted by atomic mass is 79.9. The van der Waals surface area contributed by atoms with Gasteiger partial charge in [-0.2, -0.15) is 0 Å². The molecule has 0 atom stereocenters. The molecule has 0 unspecified atom stereocenters. The molecule has 0 aliphatic rings. The molecule has 0 aliphatic heterocycles. The van der Waals surface area contributed by atoms with Gasteiger partial charge in [-0.3, -0.25) is 9.98 Å². The first-order chi connectivity index (χ1) is 13.4. The molecule has 0 N–H and O–H groups in total. The lowest BCUT2D eigenvalue weighted by Crippen LogP contribution is -1.91. The molecule has 1 aromatic carbocycles. The standard InChI is InChI=1S/C24H28Br2N2/c1-6-22(25)17-28-19(4)12-10-8-9-11-18(3)24(20(5)27-7-2)21-13-15-23(26)16-14-21/h6-7,9,11,13-17H,3-4,8,10,12H2,1-2,5H3/b11-9-,22-6+,24-20+,27-7-,28-17-. The third-order valence-corrected chi connectivity index (χ3v) is 5.13. The number of halogens is 2. The van der Waals surface area contributed by atoms with Crippen LogP contribution in [0.5, 0.6) is 0 Å². The molecule has 0 radical (unpaired) electrons. The van der Waals surface area contributed by atoms with Gasteiger partial charge in [0, 0.05) is 38.4 Å². The number of allylic oxidation sites excluding steroid dienone is 8. The van der Waals surface area contributed by atoms with Crippen molar-refractivity contribution in [3.05, 3.63) is 87.1 Å². The Bertz CT molecular complexity index is 823. The maximum absolute atomic E-state index is 4.47. The summed E-state index contributed by atoms with van der Waals surface area (Å²) in [6, 6.07) is 8.23. The molecule has 0 aromatic heterocycles. The fraction of sp³-hybridized carbons (Fsp3) is 0.250. The van der Waals surface area contributed by atoms with Gasteiger partial charge in [0.05, 0.1) is 0 Å². The van der Waals surface area contributed by atoms with Crippen LogP contribution < -0.4 is 0 Å². The molecule has 0 bridgehead atoms. The second-order valence-electron chi connectivity index (χ2n) is 6.17. The smallest absolute Gasteiger partial charge is 0.0452 e. The third-order valence-electron chi connectivity index (χ3n) is 3.94. The molecule has 1 rings (SSSR count). The van der Waals surface area contributed by atoms with Gasteiger partial charge in [-0.25, -0.2) is 0 Å². The zero-order valence-corrected chi connectivity index (χ0v) is 20.1. The minimum atomic E-state index is 0.867. The maximum atomic E-state index is 4.47. The van der Waals surface area contributed by atoms with E-state index in [0.717, 1.165) is 56.3 Å². The van der Waals surface area contributed by atoms with Gasteiger partial charge < -0.3 is 0 Å². The lowest BCUT2D eigenvalue weighted by Gasteiger charge is -2.11. The van der Waals surface area contributed by atoms with Crippen molar-refractivity contribution in [3.8, 4) is 0 Å². The molecule has 0 spiro atoms. The molecule has 4 heteroatoms. The van der Waals surface area contributed by atoms with Gasteiger partial charge >= 0.3 is 0 Å². The lowest BCUT2D eigenvalue weighted by molar-refractivity contribution is 0.828. The summed E-state index contributed by atoms with van der Waals surface area (Å²) in [6.45, 7) is 14.2. The first kappa shape index (κ1) is 24.3. The molecule has 2 nitrogen and oxygen atoms in total. The monoisotopic (exact) mass is 502 g/mol. The first-order valence-electron chi connectivity index (χ1n) is 9.24. The molecule has 0 heterocycles. The molecule has 28 heavy (non-hydrogen) atoms. The van der Waals surface area contributed by atoms with Crippen molar-refractivity contribution < 1.29 is 0 Å². The van der Waals surface area contributed by atoms with E-state index < -0.39 is 0 Å². The fourth-order valence-corrected chi connectivity index (χ4v) is 2.89. The second-order valence-corrected chi connectivity index (χ2v) is 8.00. The zero-order chi connectivity index (χ0) is 20.9. The Labute approximate surface area is 186 Å². The van der Waals surface area contributed by atoms with Crippen LogP contribution in [0.25, 0.3) is 5.57 Å². The second kappa shape index (κ2) is 13.4. The summed E-state index contributed by atoms with van der Waals surface area (Å²) in [5.41, 5.74) is 4.97. The van der Waals surface area contributed by atoms with Crippen molar-refractivity contribution in [3.63, 3.8) is 0 Å². The molecule has 148 valence electrons. The van der Waals surface area contributed by atoms with Crippen LogP contribution in [0.15, 0.2) is 91.6 Å². The topological polar surface area (TPSA) is 24.7 Å². The Kier molecular flexibility index (Phi) is 11.6. The van der Waals surface area contributed by atoms with Gasteiger partial charge in [0.15, 0.2) is 0 Å². The van der Waals surface area contributed by atoms with E-state index >= 15 is 0 Å². The SMILES string of the molecule is C=C(CCC/C=C\C(=C)/C(=C(C)\N=C/C)c1ccc(Br)cc1)/N=C\C(Br)=C/C. The summed E-state index contributed by atoms with van der Waals surface area (Å²) in [5, 5.41) is 0. The molecule has 0 aliphatic carbocycles. The van der Waals surface area contributed by atoms with E-state index in [2.05, 4.69) is 79.3 Å². The van der Waals surface area contributed by atoms with Crippen LogP contribution in [-0.4, -0.2) is 12.4 Å². The molecule has 0 fully saturated rings. The number of benzene rings is 1. The van der Waals surface area contributed by atoms with Crippen molar-refractivity contribution in [1.29, 1.82) is 0 Å². The Morgan fingerprint density at radius 2 is 1.79 bits per heavy atom. The van der Waals surface area contributed by atoms with Crippen LogP contribution in [0.2, 0.25) is 0 Å². The van der Waals surface area contributed by atoms with Crippen LogP contribution in [0, 0.1) is 0 Å². The summed E-state index contributed by atoms with van der Waals surface area (Å²) in [6.07, 6.45) is 12.6. The summed E-state index contributed by atoms with van der Waals surface area (Å²) in [4.78, 5) is 8.81. The van der Waals surface area contributed by atoms with E-state index in [-0.39, 0.29) is 0 Å². The quantitative estimate of drug-likeness (QED) is 0.174. The van der Waals surface area contributed by atoms with E-state index in [0.29, 0.717) is 0 Å². The molecule has 0 amide bonds. The summed E-state index contributed by atoms with van der Waals surface area (Å²) < 4.78 is 2.01. The van der Waals surface area contributed by atoms with Crippen LogP contribution in [0.4, 0.5) is 0 Å². The lowest BCUT2D eigenvalue weighted by atomic mass is 9.96. The zero-order valence-electron chi connectivity index (χ0n) is 16.9. The maximum Gasteiger partial charge on any atom is 0.0452 e. The van der Waals surface area contributed by atoms with Crippen LogP contribution in [0.3, 0.4) is 0 Å². The molecular weight excluding hydrogens is 476 g/mol. The number of hydrogen-bond donors (Lipinski definition) is 0. The molecule has 0 saturated carbocycles. The van der Waals surface area contributed by atoms with Crippen LogP contribution in [0.1, 0.15) is 45.6 Å². The van der Waals surface area contributed by atoms with Crippen LogP contribution >= 0.6 is 31.9 Å². The van der Waals surface area contributed by atoms with Crippen molar-refractivity contribution in [2.24, 2.45) is 9.98 Å². The van der Waals surface area contributed by atoms with Crippen molar-refractivity contribution in [2.75, 3.05) is 0 Å². The number of hydrogen-bond acceptors (Lipinski definition) is 2. The predicted octanol–water partition coefficient (Wildman–Crippen LogP) is 8.44.